The van der Waals surface area contributed by atoms with E-state index >= 15 is 0 Å². The van der Waals surface area contributed by atoms with Crippen molar-refractivity contribution in [1.82, 2.24) is 0 Å². The zero-order chi connectivity index (χ0) is 11.8. The van der Waals surface area contributed by atoms with Gasteiger partial charge in [0.15, 0.2) is 0 Å². The second-order valence-corrected chi connectivity index (χ2v) is 3.71. The van der Waals surface area contributed by atoms with Gasteiger partial charge in [0.2, 0.25) is 0 Å². The molecule has 1 aliphatic rings. The van der Waals surface area contributed by atoms with E-state index in [-0.39, 0.29) is 0 Å². The first-order chi connectivity index (χ1) is 7.92. The van der Waals surface area contributed by atoms with E-state index in [2.05, 4.69) is 55.5 Å². The van der Waals surface area contributed by atoms with Gasteiger partial charge in [-0.2, -0.15) is 0 Å². The molecule has 0 radical (unpaired) electrons. The minimum atomic E-state index is 0.593. The fraction of sp³-hybridized carbons (Fsp3) is 0.375. The number of benzene rings is 1. The Kier molecular flexibility index (Phi) is 5.63. The standard InChI is InChI=1S/C14H16.C2H6/c1-2-14(13-10-6-7-11-13)12-8-4-3-5-9-12;1-2/h3-6,8-11,14H,2,7H2,1H3;1-2H3. The molecule has 0 fully saturated rings. The van der Waals surface area contributed by atoms with E-state index in [1.807, 2.05) is 13.8 Å². The molecule has 1 aromatic rings. The van der Waals surface area contributed by atoms with Gasteiger partial charge in [0.1, 0.15) is 0 Å². The van der Waals surface area contributed by atoms with Gasteiger partial charge in [-0.3, -0.25) is 0 Å². The molecular weight excluding hydrogens is 192 g/mol. The lowest BCUT2D eigenvalue weighted by molar-refractivity contribution is 0.777. The quantitative estimate of drug-likeness (QED) is 0.657. The highest BCUT2D eigenvalue weighted by atomic mass is 14.2. The molecule has 0 amide bonds. The van der Waals surface area contributed by atoms with Crippen molar-refractivity contribution in [2.75, 3.05) is 0 Å². The summed E-state index contributed by atoms with van der Waals surface area (Å²) in [7, 11) is 0. The van der Waals surface area contributed by atoms with Crippen LogP contribution in [0.2, 0.25) is 0 Å². The molecular formula is C16H22. The Hall–Kier alpha value is -1.30. The molecule has 0 aromatic heterocycles. The molecule has 16 heavy (non-hydrogen) atoms. The van der Waals surface area contributed by atoms with Crippen LogP contribution in [0.1, 0.15) is 45.1 Å². The van der Waals surface area contributed by atoms with Gasteiger partial charge in [-0.25, -0.2) is 0 Å². The summed E-state index contributed by atoms with van der Waals surface area (Å²) in [5.74, 6) is 0.593. The van der Waals surface area contributed by atoms with Crippen LogP contribution in [-0.4, -0.2) is 0 Å². The zero-order valence-corrected chi connectivity index (χ0v) is 10.6. The van der Waals surface area contributed by atoms with Gasteiger partial charge in [-0.05, 0) is 24.0 Å². The lowest BCUT2D eigenvalue weighted by Gasteiger charge is -2.15. The first kappa shape index (κ1) is 12.8. The molecule has 1 aliphatic carbocycles. The van der Waals surface area contributed by atoms with Crippen molar-refractivity contribution in [1.29, 1.82) is 0 Å². The van der Waals surface area contributed by atoms with Crippen LogP contribution in [0, 0.1) is 0 Å². The summed E-state index contributed by atoms with van der Waals surface area (Å²) in [5, 5.41) is 0. The van der Waals surface area contributed by atoms with Crippen LogP contribution in [0.15, 0.2) is 54.1 Å². The van der Waals surface area contributed by atoms with Crippen molar-refractivity contribution in [3.63, 3.8) is 0 Å². The summed E-state index contributed by atoms with van der Waals surface area (Å²) in [4.78, 5) is 0. The van der Waals surface area contributed by atoms with Crippen LogP contribution in [-0.2, 0) is 0 Å². The SMILES string of the molecule is CC.CCC(C1=CCC=C1)c1ccccc1. The Labute approximate surface area is 99.7 Å². The minimum Gasteiger partial charge on any atom is -0.0804 e. The highest BCUT2D eigenvalue weighted by Crippen LogP contribution is 2.30. The minimum absolute atomic E-state index is 0.593. The molecule has 0 nitrogen and oxygen atoms in total. The topological polar surface area (TPSA) is 0 Å². The van der Waals surface area contributed by atoms with Crippen LogP contribution in [0.4, 0.5) is 0 Å². The van der Waals surface area contributed by atoms with E-state index in [1.165, 1.54) is 17.6 Å². The third kappa shape index (κ3) is 3.10. The fourth-order valence-electron chi connectivity index (χ4n) is 2.08. The molecule has 0 heterocycles. The van der Waals surface area contributed by atoms with Gasteiger partial charge >= 0.3 is 0 Å². The molecule has 1 atom stereocenters. The lowest BCUT2D eigenvalue weighted by Crippen LogP contribution is -1.98. The monoisotopic (exact) mass is 214 g/mol. The molecule has 0 spiro atoms. The molecule has 2 rings (SSSR count). The average Bonchev–Trinajstić information content (AvgIpc) is 2.88. The van der Waals surface area contributed by atoms with Gasteiger partial charge in [0.25, 0.3) is 0 Å². The highest BCUT2D eigenvalue weighted by Gasteiger charge is 2.13. The van der Waals surface area contributed by atoms with Crippen LogP contribution in [0.5, 0.6) is 0 Å². The molecule has 86 valence electrons. The van der Waals surface area contributed by atoms with E-state index in [0.29, 0.717) is 5.92 Å². The third-order valence-electron chi connectivity index (χ3n) is 2.81. The summed E-state index contributed by atoms with van der Waals surface area (Å²) in [6, 6.07) is 10.8. The maximum Gasteiger partial charge on any atom is 0.00835 e. The van der Waals surface area contributed by atoms with Crippen LogP contribution in [0.3, 0.4) is 0 Å². The van der Waals surface area contributed by atoms with Crippen molar-refractivity contribution in [2.24, 2.45) is 0 Å². The second-order valence-electron chi connectivity index (χ2n) is 3.71. The summed E-state index contributed by atoms with van der Waals surface area (Å²) in [6.45, 7) is 6.25. The molecule has 0 bridgehead atoms. The van der Waals surface area contributed by atoms with E-state index in [9.17, 15) is 0 Å². The van der Waals surface area contributed by atoms with E-state index in [4.69, 9.17) is 0 Å². The van der Waals surface area contributed by atoms with Gasteiger partial charge in [-0.15, -0.1) is 0 Å². The highest BCUT2D eigenvalue weighted by molar-refractivity contribution is 5.38. The molecule has 0 aliphatic heterocycles. The van der Waals surface area contributed by atoms with Crippen molar-refractivity contribution in [2.45, 2.75) is 39.5 Å². The van der Waals surface area contributed by atoms with E-state index in [1.54, 1.807) is 0 Å². The van der Waals surface area contributed by atoms with Crippen molar-refractivity contribution < 1.29 is 0 Å². The van der Waals surface area contributed by atoms with Crippen molar-refractivity contribution in [3.8, 4) is 0 Å². The summed E-state index contributed by atoms with van der Waals surface area (Å²) in [6.07, 6.45) is 9.13. The Morgan fingerprint density at radius 1 is 1.12 bits per heavy atom. The predicted molar refractivity (Wildman–Crippen MR) is 72.7 cm³/mol. The molecule has 0 heteroatoms. The number of hydrogen-bond acceptors (Lipinski definition) is 0. The third-order valence-corrected chi connectivity index (χ3v) is 2.81. The van der Waals surface area contributed by atoms with Gasteiger partial charge in [-0.1, -0.05) is 69.3 Å². The molecule has 0 saturated carbocycles. The Bertz CT molecular complexity index is 344. The summed E-state index contributed by atoms with van der Waals surface area (Å²) in [5.41, 5.74) is 2.92. The molecule has 0 saturated heterocycles. The van der Waals surface area contributed by atoms with Crippen molar-refractivity contribution in [3.05, 3.63) is 59.7 Å². The maximum atomic E-state index is 2.33. The van der Waals surface area contributed by atoms with Crippen molar-refractivity contribution >= 4 is 0 Å². The summed E-state index contributed by atoms with van der Waals surface area (Å²) >= 11 is 0. The fourth-order valence-corrected chi connectivity index (χ4v) is 2.08. The Morgan fingerprint density at radius 3 is 2.31 bits per heavy atom. The molecule has 1 aromatic carbocycles. The van der Waals surface area contributed by atoms with Gasteiger partial charge in [0, 0.05) is 5.92 Å². The Morgan fingerprint density at radius 2 is 1.81 bits per heavy atom. The second kappa shape index (κ2) is 7.05. The number of allylic oxidation sites excluding steroid dienone is 4. The first-order valence-electron chi connectivity index (χ1n) is 6.33. The van der Waals surface area contributed by atoms with Crippen LogP contribution < -0.4 is 0 Å². The van der Waals surface area contributed by atoms with Crippen LogP contribution >= 0.6 is 0 Å². The molecule has 0 N–H and O–H groups in total. The zero-order valence-electron chi connectivity index (χ0n) is 10.6. The largest absolute Gasteiger partial charge is 0.0804 e. The van der Waals surface area contributed by atoms with Gasteiger partial charge < -0.3 is 0 Å². The summed E-state index contributed by atoms with van der Waals surface area (Å²) < 4.78 is 0. The van der Waals surface area contributed by atoms with Crippen LogP contribution in [0.25, 0.3) is 0 Å². The lowest BCUT2D eigenvalue weighted by atomic mass is 9.89. The maximum absolute atomic E-state index is 2.33. The number of hydrogen-bond donors (Lipinski definition) is 0. The van der Waals surface area contributed by atoms with E-state index < -0.39 is 0 Å². The predicted octanol–water partition coefficient (Wildman–Crippen LogP) is 5.09. The Balaban J connectivity index is 0.000000606. The number of rotatable bonds is 3. The van der Waals surface area contributed by atoms with Gasteiger partial charge in [0.05, 0.1) is 0 Å². The molecule has 1 unspecified atom stereocenters. The normalized spacial score (nSPS) is 15.1. The van der Waals surface area contributed by atoms with E-state index in [0.717, 1.165) is 6.42 Å². The first-order valence-corrected chi connectivity index (χ1v) is 6.33. The smallest absolute Gasteiger partial charge is 0.00835 e. The average molecular weight is 214 g/mol.